The molecular weight excluding hydrogens is 148 g/mol. The largest absolute Gasteiger partial charge is 0.269 e. The lowest BCUT2D eigenvalue weighted by atomic mass is 9.77. The van der Waals surface area contributed by atoms with Gasteiger partial charge in [-0.25, -0.2) is 5.01 Å². The molecule has 1 fully saturated rings. The van der Waals surface area contributed by atoms with E-state index in [4.69, 9.17) is 5.84 Å². The van der Waals surface area contributed by atoms with Crippen LogP contribution in [0.2, 0.25) is 0 Å². The lowest BCUT2D eigenvalue weighted by molar-refractivity contribution is 0.209. The van der Waals surface area contributed by atoms with Gasteiger partial charge in [0.15, 0.2) is 0 Å². The van der Waals surface area contributed by atoms with Crippen LogP contribution in [0.3, 0.4) is 0 Å². The summed E-state index contributed by atoms with van der Waals surface area (Å²) in [6.45, 7) is 9.16. The minimum absolute atomic E-state index is 0.463. The van der Waals surface area contributed by atoms with E-state index in [0.717, 1.165) is 19.0 Å². The van der Waals surface area contributed by atoms with E-state index < -0.39 is 0 Å². The highest BCUT2D eigenvalue weighted by atomic mass is 15.4. The van der Waals surface area contributed by atoms with E-state index >= 15 is 0 Å². The van der Waals surface area contributed by atoms with Gasteiger partial charge < -0.3 is 0 Å². The molecule has 0 aromatic rings. The van der Waals surface area contributed by atoms with Crippen LogP contribution in [0.5, 0.6) is 0 Å². The lowest BCUT2D eigenvalue weighted by Gasteiger charge is -2.29. The second-order valence-corrected chi connectivity index (χ2v) is 5.03. The Bertz CT molecular complexity index is 137. The van der Waals surface area contributed by atoms with Crippen molar-refractivity contribution in [1.29, 1.82) is 0 Å². The molecule has 2 N–H and O–H groups in total. The predicted octanol–water partition coefficient (Wildman–Crippen LogP) is 2.01. The summed E-state index contributed by atoms with van der Waals surface area (Å²) >= 11 is 0. The van der Waals surface area contributed by atoms with Crippen LogP contribution in [0, 0.1) is 11.3 Å². The highest BCUT2D eigenvalue weighted by Gasteiger charge is 2.26. The molecule has 1 aliphatic rings. The first-order valence-corrected chi connectivity index (χ1v) is 5.00. The molecule has 0 saturated carbocycles. The fraction of sp³-hybridized carbons (Fsp3) is 1.00. The predicted molar refractivity (Wildman–Crippen MR) is 52.6 cm³/mol. The molecule has 2 nitrogen and oxygen atoms in total. The SMILES string of the molecule is CC(C)(C)C1CCCN(N)CC1. The molecule has 0 spiro atoms. The average molecular weight is 170 g/mol. The van der Waals surface area contributed by atoms with Crippen molar-refractivity contribution >= 4 is 0 Å². The van der Waals surface area contributed by atoms with E-state index in [1.54, 1.807) is 0 Å². The zero-order valence-electron chi connectivity index (χ0n) is 8.64. The van der Waals surface area contributed by atoms with Crippen molar-refractivity contribution in [2.45, 2.75) is 40.0 Å². The first-order valence-electron chi connectivity index (χ1n) is 5.00. The van der Waals surface area contributed by atoms with Crippen molar-refractivity contribution in [3.8, 4) is 0 Å². The number of nitrogens with two attached hydrogens (primary N) is 1. The molecule has 0 bridgehead atoms. The van der Waals surface area contributed by atoms with E-state index in [9.17, 15) is 0 Å². The third kappa shape index (κ3) is 2.76. The van der Waals surface area contributed by atoms with Crippen molar-refractivity contribution in [2.24, 2.45) is 17.2 Å². The van der Waals surface area contributed by atoms with Crippen molar-refractivity contribution in [3.63, 3.8) is 0 Å². The van der Waals surface area contributed by atoms with Gasteiger partial charge in [-0.05, 0) is 30.6 Å². The summed E-state index contributed by atoms with van der Waals surface area (Å²) < 4.78 is 0. The average Bonchev–Trinajstić information content (AvgIpc) is 2.11. The standard InChI is InChI=1S/C10H22N2/c1-10(2,3)9-5-4-7-12(11)8-6-9/h9H,4-8,11H2,1-3H3. The molecule has 1 rings (SSSR count). The number of hydrogen-bond donors (Lipinski definition) is 1. The number of nitrogens with zero attached hydrogens (tertiary/aromatic N) is 1. The van der Waals surface area contributed by atoms with Gasteiger partial charge in [0.25, 0.3) is 0 Å². The third-order valence-electron chi connectivity index (χ3n) is 2.99. The maximum absolute atomic E-state index is 5.77. The highest BCUT2D eigenvalue weighted by Crippen LogP contribution is 2.33. The summed E-state index contributed by atoms with van der Waals surface area (Å²) in [5.41, 5.74) is 0.463. The van der Waals surface area contributed by atoms with Gasteiger partial charge in [0.1, 0.15) is 0 Å². The number of hydrazine groups is 1. The van der Waals surface area contributed by atoms with Crippen LogP contribution in [0.1, 0.15) is 40.0 Å². The van der Waals surface area contributed by atoms with Crippen molar-refractivity contribution in [1.82, 2.24) is 5.01 Å². The summed E-state index contributed by atoms with van der Waals surface area (Å²) in [7, 11) is 0. The second-order valence-electron chi connectivity index (χ2n) is 5.03. The highest BCUT2D eigenvalue weighted by molar-refractivity contribution is 4.77. The first kappa shape index (κ1) is 10.0. The molecule has 72 valence electrons. The summed E-state index contributed by atoms with van der Waals surface area (Å²) in [4.78, 5) is 0. The molecule has 1 aliphatic heterocycles. The Morgan fingerprint density at radius 3 is 2.42 bits per heavy atom. The molecule has 0 aliphatic carbocycles. The van der Waals surface area contributed by atoms with Crippen molar-refractivity contribution < 1.29 is 0 Å². The van der Waals surface area contributed by atoms with Gasteiger partial charge in [-0.15, -0.1) is 0 Å². The zero-order valence-corrected chi connectivity index (χ0v) is 8.64. The zero-order chi connectivity index (χ0) is 9.19. The van der Waals surface area contributed by atoms with E-state index in [2.05, 4.69) is 20.8 Å². The van der Waals surface area contributed by atoms with Crippen LogP contribution in [0.4, 0.5) is 0 Å². The molecule has 1 atom stereocenters. The van der Waals surface area contributed by atoms with Gasteiger partial charge in [0, 0.05) is 13.1 Å². The minimum Gasteiger partial charge on any atom is -0.269 e. The van der Waals surface area contributed by atoms with Crippen molar-refractivity contribution in [2.75, 3.05) is 13.1 Å². The Kier molecular flexibility index (Phi) is 3.13. The first-order chi connectivity index (χ1) is 5.50. The van der Waals surface area contributed by atoms with E-state index in [-0.39, 0.29) is 0 Å². The smallest absolute Gasteiger partial charge is 0.0131 e. The van der Waals surface area contributed by atoms with E-state index in [1.165, 1.54) is 19.3 Å². The fourth-order valence-corrected chi connectivity index (χ4v) is 1.98. The molecule has 1 unspecified atom stereocenters. The Morgan fingerprint density at radius 2 is 1.83 bits per heavy atom. The minimum atomic E-state index is 0.463. The molecule has 2 heteroatoms. The topological polar surface area (TPSA) is 29.3 Å². The molecule has 0 amide bonds. The summed E-state index contributed by atoms with van der Waals surface area (Å²) in [5, 5.41) is 1.96. The molecular formula is C10H22N2. The summed E-state index contributed by atoms with van der Waals surface area (Å²) in [6.07, 6.45) is 3.87. The van der Waals surface area contributed by atoms with Crippen LogP contribution in [0.15, 0.2) is 0 Å². The van der Waals surface area contributed by atoms with E-state index in [0.29, 0.717) is 5.41 Å². The third-order valence-corrected chi connectivity index (χ3v) is 2.99. The normalized spacial score (nSPS) is 28.5. The van der Waals surface area contributed by atoms with E-state index in [1.807, 2.05) is 5.01 Å². The molecule has 0 aromatic carbocycles. The number of rotatable bonds is 0. The van der Waals surface area contributed by atoms with Gasteiger partial charge in [-0.3, -0.25) is 5.84 Å². The molecule has 0 radical (unpaired) electrons. The Morgan fingerprint density at radius 1 is 1.17 bits per heavy atom. The molecule has 0 aromatic heterocycles. The van der Waals surface area contributed by atoms with Gasteiger partial charge in [0.05, 0.1) is 0 Å². The van der Waals surface area contributed by atoms with Gasteiger partial charge in [-0.2, -0.15) is 0 Å². The summed E-state index contributed by atoms with van der Waals surface area (Å²) in [6, 6.07) is 0. The maximum atomic E-state index is 5.77. The fourth-order valence-electron chi connectivity index (χ4n) is 1.98. The summed E-state index contributed by atoms with van der Waals surface area (Å²) in [5.74, 6) is 6.63. The maximum Gasteiger partial charge on any atom is 0.0131 e. The Labute approximate surface area is 76.1 Å². The molecule has 1 saturated heterocycles. The second kappa shape index (κ2) is 3.75. The van der Waals surface area contributed by atoms with Gasteiger partial charge in [-0.1, -0.05) is 20.8 Å². The quantitative estimate of drug-likeness (QED) is 0.563. The Hall–Kier alpha value is -0.0800. The molecule has 12 heavy (non-hydrogen) atoms. The van der Waals surface area contributed by atoms with Crippen molar-refractivity contribution in [3.05, 3.63) is 0 Å². The van der Waals surface area contributed by atoms with Gasteiger partial charge in [0.2, 0.25) is 0 Å². The molecule has 1 heterocycles. The van der Waals surface area contributed by atoms with Crippen LogP contribution in [-0.4, -0.2) is 18.1 Å². The van der Waals surface area contributed by atoms with Crippen LogP contribution < -0.4 is 5.84 Å². The Balaban J connectivity index is 2.46. The van der Waals surface area contributed by atoms with Crippen LogP contribution in [-0.2, 0) is 0 Å². The monoisotopic (exact) mass is 170 g/mol. The lowest BCUT2D eigenvalue weighted by Crippen LogP contribution is -2.32. The van der Waals surface area contributed by atoms with Crippen LogP contribution >= 0.6 is 0 Å². The van der Waals surface area contributed by atoms with Gasteiger partial charge >= 0.3 is 0 Å². The van der Waals surface area contributed by atoms with Crippen LogP contribution in [0.25, 0.3) is 0 Å². The number of hydrogen-bond acceptors (Lipinski definition) is 2.